The largest absolute Gasteiger partial charge is 0.490 e. The molecule has 2 N–H and O–H groups in total. The zero-order valence-corrected chi connectivity index (χ0v) is 18.3. The molecule has 5 heteroatoms. The Hall–Kier alpha value is -1.78. The number of hydrogen-bond donors (Lipinski definition) is 2. The second-order valence-electron chi connectivity index (χ2n) is 9.12. The molecule has 0 aliphatic heterocycles. The Morgan fingerprint density at radius 1 is 0.700 bits per heavy atom. The molecule has 0 spiro atoms. The molecule has 4 nitrogen and oxygen atoms in total. The molecule has 2 saturated carbocycles. The second kappa shape index (κ2) is 12.8. The standard InChI is InChI=1S/C25H39FN2O2/c26-20-12-16-23(17-13-20)30-24-18-14-22(15-19-24)28-25(29)27-21-10-8-6-4-2-1-3-5-7-9-11-21/h12-13,16-17,21-22,24H,1-11,14-15,18-19H2,(H2,27,28,29)/t22-,24+. The van der Waals surface area contributed by atoms with Crippen LogP contribution in [0.25, 0.3) is 0 Å². The first kappa shape index (κ1) is 22.9. The number of halogens is 1. The van der Waals surface area contributed by atoms with Gasteiger partial charge >= 0.3 is 6.03 Å². The van der Waals surface area contributed by atoms with Crippen molar-refractivity contribution in [1.29, 1.82) is 0 Å². The van der Waals surface area contributed by atoms with E-state index in [9.17, 15) is 9.18 Å². The fourth-order valence-electron chi connectivity index (χ4n) is 4.75. The van der Waals surface area contributed by atoms with Gasteiger partial charge in [0.2, 0.25) is 0 Å². The first-order valence-electron chi connectivity index (χ1n) is 12.2. The first-order valence-corrected chi connectivity index (χ1v) is 12.2. The quantitative estimate of drug-likeness (QED) is 0.587. The third-order valence-corrected chi connectivity index (χ3v) is 6.57. The molecule has 1 aromatic carbocycles. The molecule has 0 radical (unpaired) electrons. The minimum Gasteiger partial charge on any atom is -0.490 e. The normalized spacial score (nSPS) is 24.8. The van der Waals surface area contributed by atoms with Gasteiger partial charge in [-0.3, -0.25) is 0 Å². The SMILES string of the molecule is O=C(NC1CCCCCCCCCCC1)N[C@H]1CC[C@@H](Oc2ccc(F)cc2)CC1. The highest BCUT2D eigenvalue weighted by molar-refractivity contribution is 5.74. The van der Waals surface area contributed by atoms with Gasteiger partial charge in [0, 0.05) is 12.1 Å². The highest BCUT2D eigenvalue weighted by Gasteiger charge is 2.24. The van der Waals surface area contributed by atoms with Crippen LogP contribution in [-0.2, 0) is 0 Å². The van der Waals surface area contributed by atoms with Gasteiger partial charge < -0.3 is 15.4 Å². The molecule has 0 bridgehead atoms. The lowest BCUT2D eigenvalue weighted by molar-refractivity contribution is 0.139. The summed E-state index contributed by atoms with van der Waals surface area (Å²) >= 11 is 0. The van der Waals surface area contributed by atoms with E-state index < -0.39 is 0 Å². The molecule has 0 saturated heterocycles. The van der Waals surface area contributed by atoms with Crippen LogP contribution in [0, 0.1) is 5.82 Å². The minimum atomic E-state index is -0.247. The van der Waals surface area contributed by atoms with Crippen LogP contribution in [0.15, 0.2) is 24.3 Å². The number of hydrogen-bond acceptors (Lipinski definition) is 2. The highest BCUT2D eigenvalue weighted by atomic mass is 19.1. The molecule has 168 valence electrons. The maximum absolute atomic E-state index is 13.0. The van der Waals surface area contributed by atoms with Crippen molar-refractivity contribution in [2.75, 3.05) is 0 Å². The van der Waals surface area contributed by atoms with Gasteiger partial charge in [-0.05, 0) is 62.8 Å². The Labute approximate surface area is 181 Å². The Balaban J connectivity index is 1.36. The van der Waals surface area contributed by atoms with Gasteiger partial charge in [-0.15, -0.1) is 0 Å². The average molecular weight is 419 g/mol. The van der Waals surface area contributed by atoms with Crippen LogP contribution in [0.4, 0.5) is 9.18 Å². The van der Waals surface area contributed by atoms with E-state index in [2.05, 4.69) is 10.6 Å². The summed E-state index contributed by atoms with van der Waals surface area (Å²) in [4.78, 5) is 12.6. The minimum absolute atomic E-state index is 0.00463. The van der Waals surface area contributed by atoms with Crippen molar-refractivity contribution >= 4 is 6.03 Å². The molecule has 3 rings (SSSR count). The zero-order valence-electron chi connectivity index (χ0n) is 18.3. The fraction of sp³-hybridized carbons (Fsp3) is 0.720. The topological polar surface area (TPSA) is 50.4 Å². The van der Waals surface area contributed by atoms with Crippen LogP contribution in [0.1, 0.15) is 96.3 Å². The summed E-state index contributed by atoms with van der Waals surface area (Å²) in [5.74, 6) is 0.468. The smallest absolute Gasteiger partial charge is 0.315 e. The second-order valence-corrected chi connectivity index (χ2v) is 9.12. The molecule has 0 atom stereocenters. The average Bonchev–Trinajstić information content (AvgIpc) is 2.73. The number of amides is 2. The zero-order chi connectivity index (χ0) is 21.0. The Morgan fingerprint density at radius 3 is 1.70 bits per heavy atom. The maximum Gasteiger partial charge on any atom is 0.315 e. The number of benzene rings is 1. The van der Waals surface area contributed by atoms with Gasteiger partial charge in [0.1, 0.15) is 11.6 Å². The van der Waals surface area contributed by atoms with Crippen LogP contribution in [-0.4, -0.2) is 24.2 Å². The van der Waals surface area contributed by atoms with Gasteiger partial charge in [0.25, 0.3) is 0 Å². The van der Waals surface area contributed by atoms with Crippen molar-refractivity contribution in [2.45, 2.75) is 114 Å². The van der Waals surface area contributed by atoms with Crippen molar-refractivity contribution in [1.82, 2.24) is 10.6 Å². The third-order valence-electron chi connectivity index (χ3n) is 6.57. The van der Waals surface area contributed by atoms with Crippen LogP contribution >= 0.6 is 0 Å². The Kier molecular flexibility index (Phi) is 9.78. The van der Waals surface area contributed by atoms with E-state index in [-0.39, 0.29) is 24.0 Å². The summed E-state index contributed by atoms with van der Waals surface area (Å²) in [6.07, 6.45) is 17.8. The number of carbonyl (C=O) groups is 1. The lowest BCUT2D eigenvalue weighted by Crippen LogP contribution is -2.48. The molecule has 1 aromatic rings. The Morgan fingerprint density at radius 2 is 1.17 bits per heavy atom. The maximum atomic E-state index is 13.0. The van der Waals surface area contributed by atoms with Crippen LogP contribution in [0.3, 0.4) is 0 Å². The summed E-state index contributed by atoms with van der Waals surface area (Å²) < 4.78 is 19.0. The van der Waals surface area contributed by atoms with E-state index in [1.807, 2.05) is 0 Å². The molecule has 0 heterocycles. The lowest BCUT2D eigenvalue weighted by atomic mass is 9.93. The fourth-order valence-corrected chi connectivity index (χ4v) is 4.75. The monoisotopic (exact) mass is 418 g/mol. The molecule has 2 fully saturated rings. The van der Waals surface area contributed by atoms with E-state index in [1.165, 1.54) is 69.9 Å². The highest BCUT2D eigenvalue weighted by Crippen LogP contribution is 2.24. The van der Waals surface area contributed by atoms with Crippen LogP contribution in [0.2, 0.25) is 0 Å². The summed E-state index contributed by atoms with van der Waals surface area (Å²) in [5.41, 5.74) is 0. The van der Waals surface area contributed by atoms with Gasteiger partial charge in [-0.1, -0.05) is 57.8 Å². The van der Waals surface area contributed by atoms with Crippen molar-refractivity contribution in [3.05, 3.63) is 30.1 Å². The number of ether oxygens (including phenoxy) is 1. The predicted octanol–water partition coefficient (Wildman–Crippen LogP) is 6.49. The lowest BCUT2D eigenvalue weighted by Gasteiger charge is -2.30. The van der Waals surface area contributed by atoms with Crippen molar-refractivity contribution < 1.29 is 13.9 Å². The number of rotatable bonds is 4. The number of urea groups is 1. The van der Waals surface area contributed by atoms with E-state index in [0.29, 0.717) is 11.8 Å². The summed E-state index contributed by atoms with van der Waals surface area (Å²) in [6, 6.07) is 6.72. The van der Waals surface area contributed by atoms with Gasteiger partial charge in [0.15, 0.2) is 0 Å². The summed E-state index contributed by atoms with van der Waals surface area (Å²) in [6.45, 7) is 0. The van der Waals surface area contributed by atoms with Gasteiger partial charge in [-0.25, -0.2) is 9.18 Å². The van der Waals surface area contributed by atoms with E-state index >= 15 is 0 Å². The summed E-state index contributed by atoms with van der Waals surface area (Å²) in [7, 11) is 0. The molecule has 2 aliphatic carbocycles. The van der Waals surface area contributed by atoms with Crippen molar-refractivity contribution in [2.24, 2.45) is 0 Å². The van der Waals surface area contributed by atoms with Crippen molar-refractivity contribution in [3.63, 3.8) is 0 Å². The molecular weight excluding hydrogens is 379 g/mol. The molecule has 0 unspecified atom stereocenters. The first-order chi connectivity index (χ1) is 14.7. The van der Waals surface area contributed by atoms with Crippen LogP contribution in [0.5, 0.6) is 5.75 Å². The molecule has 2 aliphatic rings. The number of nitrogens with one attached hydrogen (secondary N) is 2. The van der Waals surface area contributed by atoms with E-state index in [4.69, 9.17) is 4.74 Å². The molecule has 0 aromatic heterocycles. The van der Waals surface area contributed by atoms with Crippen molar-refractivity contribution in [3.8, 4) is 5.75 Å². The third kappa shape index (κ3) is 8.53. The number of carbonyl (C=O) groups excluding carboxylic acids is 1. The van der Waals surface area contributed by atoms with Gasteiger partial charge in [0.05, 0.1) is 6.10 Å². The van der Waals surface area contributed by atoms with E-state index in [1.54, 1.807) is 12.1 Å². The van der Waals surface area contributed by atoms with E-state index in [0.717, 1.165) is 38.5 Å². The molecular formula is C25H39FN2O2. The molecule has 30 heavy (non-hydrogen) atoms. The molecule has 2 amide bonds. The summed E-state index contributed by atoms with van der Waals surface area (Å²) in [5, 5.41) is 6.45. The Bertz CT molecular complexity index is 602. The predicted molar refractivity (Wildman–Crippen MR) is 119 cm³/mol. The van der Waals surface area contributed by atoms with Crippen LogP contribution < -0.4 is 15.4 Å². The van der Waals surface area contributed by atoms with Gasteiger partial charge in [-0.2, -0.15) is 0 Å².